The molecule has 10 heteroatoms. The number of carbonyl (C=O) groups is 1. The molecule has 0 radical (unpaired) electrons. The number of aliphatic carboxylic acids is 1. The number of hydrazine groups is 1. The van der Waals surface area contributed by atoms with Crippen LogP contribution in [0.1, 0.15) is 0 Å². The summed E-state index contributed by atoms with van der Waals surface area (Å²) in [6, 6.07) is -2.58. The first-order valence-corrected chi connectivity index (χ1v) is 4.56. The summed E-state index contributed by atoms with van der Waals surface area (Å²) in [6.07, 6.45) is -5.83. The number of hydrogen-bond acceptors (Lipinski definition) is 4. The summed E-state index contributed by atoms with van der Waals surface area (Å²) in [7, 11) is 1.93. The molecular weight excluding hydrogens is 265 g/mol. The summed E-state index contributed by atoms with van der Waals surface area (Å²) >= 11 is 0. The molecule has 5 nitrogen and oxygen atoms in total. The Kier molecular flexibility index (Phi) is 3.19. The van der Waals surface area contributed by atoms with Gasteiger partial charge in [0.1, 0.15) is 6.04 Å². The van der Waals surface area contributed by atoms with Gasteiger partial charge in [-0.25, -0.2) is 9.80 Å². The Hall–Kier alpha value is -1.58. The van der Waals surface area contributed by atoms with Crippen LogP contribution in [0.15, 0.2) is 11.4 Å². The van der Waals surface area contributed by atoms with E-state index in [1.807, 2.05) is 0 Å². The van der Waals surface area contributed by atoms with Gasteiger partial charge in [-0.15, -0.1) is 0 Å². The Labute approximate surface area is 98.2 Å². The van der Waals surface area contributed by atoms with Crippen molar-refractivity contribution in [1.82, 2.24) is 10.0 Å². The fraction of sp³-hybridized carbons (Fsp3) is 0.625. The molecule has 1 aliphatic heterocycles. The van der Waals surface area contributed by atoms with E-state index in [9.17, 15) is 26.7 Å². The molecule has 0 aromatic heterocycles. The van der Waals surface area contributed by atoms with Gasteiger partial charge in [-0.05, 0) is 0 Å². The number of halogens is 5. The van der Waals surface area contributed by atoms with Gasteiger partial charge in [-0.1, -0.05) is 0 Å². The minimum Gasteiger partial charge on any atom is -0.476 e. The van der Waals surface area contributed by atoms with Crippen LogP contribution in [0.4, 0.5) is 22.0 Å². The second-order valence-corrected chi connectivity index (χ2v) is 3.73. The van der Waals surface area contributed by atoms with Crippen LogP contribution in [-0.2, 0) is 4.79 Å². The Morgan fingerprint density at radius 1 is 1.28 bits per heavy atom. The lowest BCUT2D eigenvalue weighted by atomic mass is 10.1. The molecule has 1 heterocycles. The van der Waals surface area contributed by atoms with Gasteiger partial charge < -0.3 is 15.8 Å². The third-order valence-electron chi connectivity index (χ3n) is 2.66. The van der Waals surface area contributed by atoms with Gasteiger partial charge in [0.2, 0.25) is 0 Å². The van der Waals surface area contributed by atoms with Crippen molar-refractivity contribution in [2.45, 2.75) is 18.1 Å². The molecule has 3 N–H and O–H groups in total. The third kappa shape index (κ3) is 1.85. The Morgan fingerprint density at radius 2 is 1.72 bits per heavy atom. The normalized spacial score (nSPS) is 22.8. The topological polar surface area (TPSA) is 69.8 Å². The van der Waals surface area contributed by atoms with Crippen LogP contribution in [0.2, 0.25) is 0 Å². The molecule has 0 aliphatic carbocycles. The first kappa shape index (κ1) is 14.5. The number of nitrogens with zero attached hydrogens (tertiary/aromatic N) is 2. The highest BCUT2D eigenvalue weighted by molar-refractivity contribution is 5.87. The number of likely N-dealkylation sites (N-methyl/N-ethyl adjacent to an activating group) is 2. The van der Waals surface area contributed by atoms with Crippen LogP contribution in [0.25, 0.3) is 0 Å². The molecule has 1 rings (SSSR count). The zero-order chi connectivity index (χ0) is 14.5. The second kappa shape index (κ2) is 3.97. The van der Waals surface area contributed by atoms with E-state index in [1.54, 1.807) is 0 Å². The number of hydrogen-bond donors (Lipinski definition) is 2. The zero-order valence-electron chi connectivity index (χ0n) is 9.29. The van der Waals surface area contributed by atoms with Crippen molar-refractivity contribution in [2.24, 2.45) is 5.73 Å². The fourth-order valence-corrected chi connectivity index (χ4v) is 1.70. The summed E-state index contributed by atoms with van der Waals surface area (Å²) in [5.74, 6) is -6.83. The van der Waals surface area contributed by atoms with Gasteiger partial charge in [-0.3, -0.25) is 0 Å². The van der Waals surface area contributed by atoms with Gasteiger partial charge in [0.05, 0.1) is 5.70 Å². The van der Waals surface area contributed by atoms with Gasteiger partial charge in [-0.2, -0.15) is 22.0 Å². The summed E-state index contributed by atoms with van der Waals surface area (Å²) in [4.78, 5) is 10.8. The summed E-state index contributed by atoms with van der Waals surface area (Å²) in [5, 5.41) is 9.80. The molecule has 0 aromatic rings. The number of rotatable bonds is 2. The first-order chi connectivity index (χ1) is 7.93. The van der Waals surface area contributed by atoms with Gasteiger partial charge >= 0.3 is 18.1 Å². The van der Waals surface area contributed by atoms with Crippen molar-refractivity contribution in [1.29, 1.82) is 0 Å². The molecule has 1 atom stereocenters. The maximum absolute atomic E-state index is 13.2. The largest absolute Gasteiger partial charge is 0.476 e. The lowest BCUT2D eigenvalue weighted by Crippen LogP contribution is -2.56. The predicted octanol–water partition coefficient (Wildman–Crippen LogP) is 0.600. The Balaban J connectivity index is 3.31. The molecule has 104 valence electrons. The molecule has 18 heavy (non-hydrogen) atoms. The Morgan fingerprint density at radius 3 is 2.00 bits per heavy atom. The van der Waals surface area contributed by atoms with Gasteiger partial charge in [0.25, 0.3) is 0 Å². The van der Waals surface area contributed by atoms with Crippen LogP contribution in [0.5, 0.6) is 0 Å². The number of carboxylic acid groups (broad SMARTS) is 1. The van der Waals surface area contributed by atoms with E-state index >= 15 is 0 Å². The minimum absolute atomic E-state index is 0.437. The van der Waals surface area contributed by atoms with E-state index in [-0.39, 0.29) is 0 Å². The summed E-state index contributed by atoms with van der Waals surface area (Å²) in [6.45, 7) is 0. The van der Waals surface area contributed by atoms with Crippen molar-refractivity contribution >= 4 is 5.97 Å². The predicted molar refractivity (Wildman–Crippen MR) is 49.2 cm³/mol. The number of alkyl halides is 5. The van der Waals surface area contributed by atoms with E-state index in [0.29, 0.717) is 10.0 Å². The molecule has 1 unspecified atom stereocenters. The van der Waals surface area contributed by atoms with Crippen LogP contribution in [0.3, 0.4) is 0 Å². The summed E-state index contributed by atoms with van der Waals surface area (Å²) in [5.41, 5.74) is 3.29. The maximum atomic E-state index is 13.2. The van der Waals surface area contributed by atoms with E-state index in [1.165, 1.54) is 0 Å². The summed E-state index contributed by atoms with van der Waals surface area (Å²) < 4.78 is 63.3. The Bertz CT molecular complexity index is 406. The minimum atomic E-state index is -5.83. The molecule has 0 saturated carbocycles. The molecule has 1 aliphatic rings. The van der Waals surface area contributed by atoms with Crippen molar-refractivity contribution in [3.8, 4) is 0 Å². The van der Waals surface area contributed by atoms with Crippen LogP contribution in [-0.4, -0.2) is 53.3 Å². The van der Waals surface area contributed by atoms with E-state index in [4.69, 9.17) is 10.8 Å². The molecular formula is C8H10F5N3O2. The lowest BCUT2D eigenvalue weighted by Gasteiger charge is -2.33. The standard InChI is InChI=1S/C8H10F5N3O2/c1-15-4(6(17)18)3(14)5(16(15)2)7(9,10)8(11,12)13/h5H,14H2,1-2H3,(H,17,18). The number of carboxylic acids is 1. The SMILES string of the molecule is CN1C(C(=O)O)=C(N)C(C(F)(F)C(F)(F)F)N1C. The van der Waals surface area contributed by atoms with Gasteiger partial charge in [0, 0.05) is 14.1 Å². The van der Waals surface area contributed by atoms with E-state index < -0.39 is 35.5 Å². The third-order valence-corrected chi connectivity index (χ3v) is 2.66. The monoisotopic (exact) mass is 275 g/mol. The highest BCUT2D eigenvalue weighted by atomic mass is 19.4. The van der Waals surface area contributed by atoms with E-state index in [0.717, 1.165) is 14.1 Å². The van der Waals surface area contributed by atoms with E-state index in [2.05, 4.69) is 0 Å². The van der Waals surface area contributed by atoms with Crippen molar-refractivity contribution < 1.29 is 31.9 Å². The quantitative estimate of drug-likeness (QED) is 0.722. The molecule has 0 aromatic carbocycles. The molecule has 0 bridgehead atoms. The first-order valence-electron chi connectivity index (χ1n) is 4.56. The average Bonchev–Trinajstić information content (AvgIpc) is 2.36. The maximum Gasteiger partial charge on any atom is 0.455 e. The number of nitrogens with two attached hydrogens (primary N) is 1. The smallest absolute Gasteiger partial charge is 0.455 e. The van der Waals surface area contributed by atoms with Crippen molar-refractivity contribution in [3.05, 3.63) is 11.4 Å². The molecule has 0 amide bonds. The molecule has 0 fully saturated rings. The second-order valence-electron chi connectivity index (χ2n) is 3.73. The van der Waals surface area contributed by atoms with Crippen molar-refractivity contribution in [3.63, 3.8) is 0 Å². The molecule has 0 spiro atoms. The highest BCUT2D eigenvalue weighted by Gasteiger charge is 2.67. The average molecular weight is 275 g/mol. The fourth-order valence-electron chi connectivity index (χ4n) is 1.70. The van der Waals surface area contributed by atoms with Crippen LogP contribution >= 0.6 is 0 Å². The zero-order valence-corrected chi connectivity index (χ0v) is 9.29. The van der Waals surface area contributed by atoms with Gasteiger partial charge in [0.15, 0.2) is 5.70 Å². The molecule has 0 saturated heterocycles. The van der Waals surface area contributed by atoms with Crippen LogP contribution < -0.4 is 5.73 Å². The lowest BCUT2D eigenvalue weighted by molar-refractivity contribution is -0.302. The van der Waals surface area contributed by atoms with Crippen LogP contribution in [0, 0.1) is 0 Å². The van der Waals surface area contributed by atoms with Crippen molar-refractivity contribution in [2.75, 3.05) is 14.1 Å². The highest BCUT2D eigenvalue weighted by Crippen LogP contribution is 2.44.